The molecule has 0 atom stereocenters. The van der Waals surface area contributed by atoms with Crippen LogP contribution in [0, 0.1) is 12.7 Å². The Labute approximate surface area is 89.7 Å². The van der Waals surface area contributed by atoms with E-state index in [9.17, 15) is 9.50 Å². The Morgan fingerprint density at radius 3 is 2.47 bits per heavy atom. The van der Waals surface area contributed by atoms with Crippen LogP contribution in [-0.4, -0.2) is 18.8 Å². The monoisotopic (exact) mass is 212 g/mol. The van der Waals surface area contributed by atoms with Gasteiger partial charge in [-0.2, -0.15) is 0 Å². The summed E-state index contributed by atoms with van der Waals surface area (Å²) in [5, 5.41) is 9.28. The lowest BCUT2D eigenvalue weighted by Gasteiger charge is -2.25. The van der Waals surface area contributed by atoms with Crippen molar-refractivity contribution in [3.8, 4) is 5.75 Å². The van der Waals surface area contributed by atoms with E-state index in [-0.39, 0.29) is 12.4 Å². The van der Waals surface area contributed by atoms with Crippen molar-refractivity contribution in [2.24, 2.45) is 0 Å². The molecule has 0 aromatic heterocycles. The first-order valence-electron chi connectivity index (χ1n) is 4.88. The molecule has 0 aliphatic rings. The maximum atomic E-state index is 13.3. The number of methoxy groups -OCH3 is 1. The van der Waals surface area contributed by atoms with Crippen LogP contribution in [-0.2, 0) is 5.41 Å². The highest BCUT2D eigenvalue weighted by molar-refractivity contribution is 5.42. The third kappa shape index (κ3) is 2.29. The highest BCUT2D eigenvalue weighted by Gasteiger charge is 2.24. The first-order valence-corrected chi connectivity index (χ1v) is 4.88. The maximum Gasteiger partial charge on any atom is 0.129 e. The SMILES string of the molecule is COc1cc(F)c(C)cc1C(C)(C)CO. The molecule has 0 spiro atoms. The average molecular weight is 212 g/mol. The van der Waals surface area contributed by atoms with Crippen molar-refractivity contribution in [3.05, 3.63) is 29.1 Å². The van der Waals surface area contributed by atoms with E-state index < -0.39 is 5.41 Å². The summed E-state index contributed by atoms with van der Waals surface area (Å²) in [7, 11) is 1.50. The lowest BCUT2D eigenvalue weighted by Crippen LogP contribution is -2.23. The van der Waals surface area contributed by atoms with Gasteiger partial charge in [-0.1, -0.05) is 13.8 Å². The summed E-state index contributed by atoms with van der Waals surface area (Å²) < 4.78 is 18.4. The van der Waals surface area contributed by atoms with E-state index in [1.54, 1.807) is 13.0 Å². The van der Waals surface area contributed by atoms with E-state index in [4.69, 9.17) is 4.74 Å². The van der Waals surface area contributed by atoms with Gasteiger partial charge in [0.05, 0.1) is 13.7 Å². The van der Waals surface area contributed by atoms with Gasteiger partial charge in [-0.05, 0) is 18.6 Å². The van der Waals surface area contributed by atoms with Crippen molar-refractivity contribution < 1.29 is 14.2 Å². The standard InChI is InChI=1S/C12H17FO2/c1-8-5-9(12(2,3)7-14)11(15-4)6-10(8)13/h5-6,14H,7H2,1-4H3. The van der Waals surface area contributed by atoms with Gasteiger partial charge in [0.2, 0.25) is 0 Å². The van der Waals surface area contributed by atoms with Crippen molar-refractivity contribution in [2.45, 2.75) is 26.2 Å². The minimum Gasteiger partial charge on any atom is -0.496 e. The molecule has 0 amide bonds. The summed E-state index contributed by atoms with van der Waals surface area (Å²) in [6.45, 7) is 5.48. The van der Waals surface area contributed by atoms with E-state index in [0.29, 0.717) is 11.3 Å². The largest absolute Gasteiger partial charge is 0.496 e. The highest BCUT2D eigenvalue weighted by Crippen LogP contribution is 2.33. The van der Waals surface area contributed by atoms with E-state index in [0.717, 1.165) is 5.56 Å². The van der Waals surface area contributed by atoms with Gasteiger partial charge in [0.1, 0.15) is 11.6 Å². The molecule has 1 N–H and O–H groups in total. The molecule has 0 aliphatic carbocycles. The molecule has 0 fully saturated rings. The minimum absolute atomic E-state index is 0.00552. The third-order valence-corrected chi connectivity index (χ3v) is 2.61. The second-order valence-corrected chi connectivity index (χ2v) is 4.34. The van der Waals surface area contributed by atoms with Crippen LogP contribution in [0.2, 0.25) is 0 Å². The van der Waals surface area contributed by atoms with Crippen molar-refractivity contribution in [3.63, 3.8) is 0 Å². The number of ether oxygens (including phenoxy) is 1. The summed E-state index contributed by atoms with van der Waals surface area (Å²) in [6, 6.07) is 3.09. The number of hydrogen-bond donors (Lipinski definition) is 1. The van der Waals surface area contributed by atoms with Gasteiger partial charge in [-0.15, -0.1) is 0 Å². The molecule has 0 saturated carbocycles. The van der Waals surface area contributed by atoms with Crippen LogP contribution in [0.5, 0.6) is 5.75 Å². The molecule has 0 aliphatic heterocycles. The van der Waals surface area contributed by atoms with Crippen LogP contribution in [0.3, 0.4) is 0 Å². The van der Waals surface area contributed by atoms with Gasteiger partial charge in [-0.25, -0.2) is 4.39 Å². The number of aryl methyl sites for hydroxylation is 1. The number of rotatable bonds is 3. The Morgan fingerprint density at radius 1 is 1.40 bits per heavy atom. The van der Waals surface area contributed by atoms with Gasteiger partial charge in [-0.3, -0.25) is 0 Å². The van der Waals surface area contributed by atoms with Crippen LogP contribution in [0.25, 0.3) is 0 Å². The zero-order valence-corrected chi connectivity index (χ0v) is 9.60. The Kier molecular flexibility index (Phi) is 3.35. The Hall–Kier alpha value is -1.09. The van der Waals surface area contributed by atoms with E-state index >= 15 is 0 Å². The Bertz CT molecular complexity index is 359. The smallest absolute Gasteiger partial charge is 0.129 e. The molecule has 84 valence electrons. The number of aliphatic hydroxyl groups is 1. The van der Waals surface area contributed by atoms with Crippen LogP contribution < -0.4 is 4.74 Å². The molecule has 0 radical (unpaired) electrons. The predicted molar refractivity (Wildman–Crippen MR) is 57.8 cm³/mol. The van der Waals surface area contributed by atoms with E-state index in [1.807, 2.05) is 13.8 Å². The van der Waals surface area contributed by atoms with E-state index in [1.165, 1.54) is 13.2 Å². The molecular weight excluding hydrogens is 195 g/mol. The minimum atomic E-state index is -0.427. The van der Waals surface area contributed by atoms with Gasteiger partial charge >= 0.3 is 0 Å². The third-order valence-electron chi connectivity index (χ3n) is 2.61. The number of hydrogen-bond acceptors (Lipinski definition) is 2. The van der Waals surface area contributed by atoms with Crippen molar-refractivity contribution in [1.29, 1.82) is 0 Å². The highest BCUT2D eigenvalue weighted by atomic mass is 19.1. The number of aliphatic hydroxyl groups excluding tert-OH is 1. The normalized spacial score (nSPS) is 11.6. The van der Waals surface area contributed by atoms with Crippen LogP contribution in [0.1, 0.15) is 25.0 Å². The van der Waals surface area contributed by atoms with Crippen LogP contribution >= 0.6 is 0 Å². The molecule has 15 heavy (non-hydrogen) atoms. The second kappa shape index (κ2) is 4.19. The maximum absolute atomic E-state index is 13.3. The zero-order valence-electron chi connectivity index (χ0n) is 9.60. The Balaban J connectivity index is 3.34. The molecule has 0 unspecified atom stereocenters. The summed E-state index contributed by atoms with van der Waals surface area (Å²) in [5.41, 5.74) is 0.961. The molecule has 0 bridgehead atoms. The van der Waals surface area contributed by atoms with Crippen molar-refractivity contribution in [1.82, 2.24) is 0 Å². The van der Waals surface area contributed by atoms with Gasteiger partial charge in [0.25, 0.3) is 0 Å². The molecule has 3 heteroatoms. The lowest BCUT2D eigenvalue weighted by molar-refractivity contribution is 0.214. The molecule has 0 saturated heterocycles. The van der Waals surface area contributed by atoms with Gasteiger partial charge in [0.15, 0.2) is 0 Å². The topological polar surface area (TPSA) is 29.5 Å². The molecular formula is C12H17FO2. The van der Waals surface area contributed by atoms with Crippen LogP contribution in [0.15, 0.2) is 12.1 Å². The van der Waals surface area contributed by atoms with Crippen molar-refractivity contribution >= 4 is 0 Å². The van der Waals surface area contributed by atoms with Crippen LogP contribution in [0.4, 0.5) is 4.39 Å². The quantitative estimate of drug-likeness (QED) is 0.833. The molecule has 2 nitrogen and oxygen atoms in total. The van der Waals surface area contributed by atoms with Crippen molar-refractivity contribution in [2.75, 3.05) is 13.7 Å². The fraction of sp³-hybridized carbons (Fsp3) is 0.500. The summed E-state index contributed by atoms with van der Waals surface area (Å²) >= 11 is 0. The second-order valence-electron chi connectivity index (χ2n) is 4.34. The summed E-state index contributed by atoms with van der Waals surface area (Å²) in [6.07, 6.45) is 0. The zero-order chi connectivity index (χ0) is 11.6. The fourth-order valence-electron chi connectivity index (χ4n) is 1.45. The predicted octanol–water partition coefficient (Wildman–Crippen LogP) is 2.41. The Morgan fingerprint density at radius 2 is 2.00 bits per heavy atom. The molecule has 0 heterocycles. The van der Waals surface area contributed by atoms with Gasteiger partial charge in [0, 0.05) is 17.0 Å². The average Bonchev–Trinajstić information content (AvgIpc) is 2.21. The van der Waals surface area contributed by atoms with Gasteiger partial charge < -0.3 is 9.84 Å². The molecule has 1 rings (SSSR count). The molecule has 1 aromatic carbocycles. The summed E-state index contributed by atoms with van der Waals surface area (Å²) in [5.74, 6) is 0.196. The summed E-state index contributed by atoms with van der Waals surface area (Å²) in [4.78, 5) is 0. The molecule has 1 aromatic rings. The first-order chi connectivity index (χ1) is 6.92. The lowest BCUT2D eigenvalue weighted by atomic mass is 9.84. The fourth-order valence-corrected chi connectivity index (χ4v) is 1.45. The number of benzene rings is 1. The number of halogens is 1. The first kappa shape index (κ1) is 12.0. The van der Waals surface area contributed by atoms with E-state index in [2.05, 4.69) is 0 Å².